The Morgan fingerprint density at radius 3 is 2.01 bits per heavy atom. The maximum absolute atomic E-state index is 13.9. The Balaban J connectivity index is 0.969. The van der Waals surface area contributed by atoms with Crippen LogP contribution in [0, 0.1) is 6.92 Å². The molecule has 446 valence electrons. The molecule has 0 unspecified atom stereocenters. The van der Waals surface area contributed by atoms with Gasteiger partial charge >= 0.3 is 5.97 Å². The highest BCUT2D eigenvalue weighted by Crippen LogP contribution is 2.47. The number of ether oxygens (including phenoxy) is 8. The molecule has 0 saturated carbocycles. The molecule has 22 heteroatoms. The monoisotopic (exact) mass is 1270 g/mol. The van der Waals surface area contributed by atoms with Gasteiger partial charge in [-0.15, -0.1) is 0 Å². The molecule has 0 aliphatic rings. The van der Waals surface area contributed by atoms with Gasteiger partial charge in [0.1, 0.15) is 58.8 Å². The maximum atomic E-state index is 13.9. The second kappa shape index (κ2) is 27.4. The molecule has 7 aromatic carbocycles. The molecule has 0 spiro atoms. The molecular formula is C65H55Cl3N4O13S2. The number of para-hydroxylation sites is 1. The highest BCUT2D eigenvalue weighted by Gasteiger charge is 2.40. The van der Waals surface area contributed by atoms with Crippen molar-refractivity contribution < 1.29 is 60.4 Å². The van der Waals surface area contributed by atoms with Gasteiger partial charge in [0.25, 0.3) is 10.1 Å². The van der Waals surface area contributed by atoms with Crippen LogP contribution in [0.2, 0.25) is 15.2 Å². The number of aromatic nitrogens is 4. The summed E-state index contributed by atoms with van der Waals surface area (Å²) in [4.78, 5) is 27.2. The van der Waals surface area contributed by atoms with Gasteiger partial charge in [-0.1, -0.05) is 119 Å². The summed E-state index contributed by atoms with van der Waals surface area (Å²) in [7, 11) is 1.58. The molecule has 0 aliphatic carbocycles. The molecule has 1 N–H and O–H groups in total. The van der Waals surface area contributed by atoms with Crippen molar-refractivity contribution in [2.45, 2.75) is 42.7 Å². The lowest BCUT2D eigenvalue weighted by molar-refractivity contribution is -0.148. The van der Waals surface area contributed by atoms with E-state index in [0.29, 0.717) is 72.4 Å². The molecule has 0 radical (unpaired) electrons. The first-order valence-corrected chi connectivity index (χ1v) is 30.1. The number of carbonyl (C=O) groups is 1. The molecule has 0 bridgehead atoms. The summed E-state index contributed by atoms with van der Waals surface area (Å²) >= 11 is 22.4. The number of aromatic hydroxyl groups is 1. The van der Waals surface area contributed by atoms with Crippen molar-refractivity contribution in [2.24, 2.45) is 0 Å². The zero-order valence-corrected chi connectivity index (χ0v) is 51.2. The summed E-state index contributed by atoms with van der Waals surface area (Å²) in [5.41, 5.74) is 3.87. The fraction of sp³-hybridized carbons (Fsp3) is 0.185. The van der Waals surface area contributed by atoms with Crippen LogP contribution < -0.4 is 28.4 Å². The lowest BCUT2D eigenvalue weighted by Crippen LogP contribution is -2.39. The van der Waals surface area contributed by atoms with Gasteiger partial charge in [-0.3, -0.25) is 4.18 Å². The Labute approximate surface area is 521 Å². The van der Waals surface area contributed by atoms with Crippen LogP contribution in [0.5, 0.6) is 40.4 Å². The molecule has 0 saturated heterocycles. The molecule has 0 amide bonds. The van der Waals surface area contributed by atoms with Crippen molar-refractivity contribution in [1.29, 1.82) is 0 Å². The average Bonchev–Trinajstić information content (AvgIpc) is 1.88. The van der Waals surface area contributed by atoms with E-state index in [0.717, 1.165) is 22.7 Å². The van der Waals surface area contributed by atoms with E-state index in [1.54, 1.807) is 63.9 Å². The number of halogens is 3. The van der Waals surface area contributed by atoms with Gasteiger partial charge in [0.2, 0.25) is 12.0 Å². The van der Waals surface area contributed by atoms with Crippen LogP contribution in [0.1, 0.15) is 33.5 Å². The second-order valence-corrected chi connectivity index (χ2v) is 23.1. The Morgan fingerprint density at radius 2 is 1.36 bits per heavy atom. The van der Waals surface area contributed by atoms with Gasteiger partial charge in [-0.2, -0.15) is 12.8 Å². The number of esters is 1. The van der Waals surface area contributed by atoms with Crippen molar-refractivity contribution in [3.63, 3.8) is 0 Å². The van der Waals surface area contributed by atoms with Gasteiger partial charge in [-0.25, -0.2) is 19.7 Å². The summed E-state index contributed by atoms with van der Waals surface area (Å²) in [5.74, 6) is 1.66. The number of hydrogen-bond donors (Lipinski definition) is 1. The van der Waals surface area contributed by atoms with Gasteiger partial charge in [0.15, 0.2) is 11.6 Å². The zero-order valence-electron chi connectivity index (χ0n) is 47.3. The maximum Gasteiger partial charge on any atom is 0.347 e. The van der Waals surface area contributed by atoms with Gasteiger partial charge < -0.3 is 43.0 Å². The molecule has 3 aromatic heterocycles. The fourth-order valence-corrected chi connectivity index (χ4v) is 12.1. The van der Waals surface area contributed by atoms with E-state index >= 15 is 0 Å². The van der Waals surface area contributed by atoms with Crippen LogP contribution >= 0.6 is 46.3 Å². The van der Waals surface area contributed by atoms with Crippen molar-refractivity contribution in [3.05, 3.63) is 225 Å². The van der Waals surface area contributed by atoms with Crippen molar-refractivity contribution in [1.82, 2.24) is 19.3 Å². The molecule has 2 atom stereocenters. The van der Waals surface area contributed by atoms with Crippen LogP contribution in [-0.2, 0) is 47.2 Å². The first-order valence-electron chi connectivity index (χ1n) is 26.8. The predicted octanol–water partition coefficient (Wildman–Crippen LogP) is 13.7. The van der Waals surface area contributed by atoms with Crippen molar-refractivity contribution >= 4 is 72.5 Å². The molecule has 87 heavy (non-hydrogen) atoms. The summed E-state index contributed by atoms with van der Waals surface area (Å²) in [5, 5.41) is 11.0. The van der Waals surface area contributed by atoms with Gasteiger partial charge in [0.05, 0.1) is 71.3 Å². The normalized spacial score (nSPS) is 12.3. The van der Waals surface area contributed by atoms with Gasteiger partial charge in [-0.05, 0) is 126 Å². The lowest BCUT2D eigenvalue weighted by Gasteiger charge is -2.37. The quantitative estimate of drug-likeness (QED) is 0.0244. The Kier molecular flexibility index (Phi) is 19.4. The molecule has 17 nitrogen and oxygen atoms in total. The van der Waals surface area contributed by atoms with E-state index in [9.17, 15) is 18.3 Å². The number of benzene rings is 7. The number of rotatable bonds is 25. The fourth-order valence-electron chi connectivity index (χ4n) is 9.66. The molecule has 10 aromatic rings. The predicted molar refractivity (Wildman–Crippen MR) is 331 cm³/mol. The third-order valence-electron chi connectivity index (χ3n) is 14.0. The largest absolute Gasteiger partial charge is 0.508 e. The number of phenolic OH excluding ortho intramolecular Hbond substituents is 1. The van der Waals surface area contributed by atoms with Crippen molar-refractivity contribution in [2.75, 3.05) is 41.7 Å². The number of aryl methyl sites for hydroxylation is 1. The number of hydrogen-bond acceptors (Lipinski definition) is 18. The Morgan fingerprint density at radius 1 is 0.701 bits per heavy atom. The molecule has 3 heterocycles. The third-order valence-corrected chi connectivity index (χ3v) is 16.9. The standard InChI is InChI=1S/C65H55Cl3N4O13S2/c1-39-15-26-50(27-16-39)87(75,76)83-38-49(37-82-65(42-11-7-6-8-12-42,43-17-22-47(77-2)23-18-43)44-19-24-48(78-3)25-20-44)84-60-52(66)32-41(33-53(60)67)58-59-57(35-70-61(58)68)86-72-63(59)85-56(64(74)80-5)34-40-31-46(73)21-28-54(40)81-36-45-29-30-69-62(71-45)51-13-9-10-14-55(51)79-4/h6-33,35,49,56,73H,34,36-38H2,1-5H3/t49-,56+/m1/s1. The number of fused-ring (bicyclic) bond motifs is 1. The van der Waals surface area contributed by atoms with E-state index in [1.807, 2.05) is 110 Å². The van der Waals surface area contributed by atoms with E-state index in [2.05, 4.69) is 14.3 Å². The average molecular weight is 1270 g/mol. The minimum Gasteiger partial charge on any atom is -0.508 e. The van der Waals surface area contributed by atoms with Crippen molar-refractivity contribution in [3.8, 4) is 62.9 Å². The number of pyridine rings is 1. The minimum absolute atomic E-state index is 0.000490. The molecular weight excluding hydrogens is 1220 g/mol. The summed E-state index contributed by atoms with van der Waals surface area (Å²) < 4.78 is 87.1. The smallest absolute Gasteiger partial charge is 0.347 e. The third kappa shape index (κ3) is 13.9. The summed E-state index contributed by atoms with van der Waals surface area (Å²) in [6, 6.07) is 47.2. The zero-order chi connectivity index (χ0) is 61.2. The van der Waals surface area contributed by atoms with E-state index in [-0.39, 0.29) is 62.7 Å². The highest BCUT2D eigenvalue weighted by atomic mass is 35.5. The van der Waals surface area contributed by atoms with E-state index in [4.69, 9.17) is 81.9 Å². The first kappa shape index (κ1) is 61.6. The van der Waals surface area contributed by atoms with Crippen LogP contribution in [0.25, 0.3) is 32.6 Å². The minimum atomic E-state index is -4.36. The summed E-state index contributed by atoms with van der Waals surface area (Å²) in [6.45, 7) is 0.956. The number of phenols is 1. The van der Waals surface area contributed by atoms with E-state index in [1.165, 1.54) is 37.6 Å². The van der Waals surface area contributed by atoms with Crippen LogP contribution in [0.15, 0.2) is 181 Å². The van der Waals surface area contributed by atoms with Crippen LogP contribution in [0.3, 0.4) is 0 Å². The number of methoxy groups -OCH3 is 4. The molecule has 10 rings (SSSR count). The number of carbonyl (C=O) groups excluding carboxylic acids is 1. The SMILES string of the molecule is COC(=O)[C@H](Cc1cc(O)ccc1OCc1ccnc(-c2ccccc2OC)n1)Oc1nsc2cnc(Cl)c(-c3cc(Cl)c(O[C@H](COC(c4ccccc4)(c4ccc(OC)cc4)c4ccc(OC)cc4)COS(=O)(=O)c4ccc(C)cc4)c(Cl)c3)c12. The van der Waals surface area contributed by atoms with Gasteiger partial charge in [0, 0.05) is 29.9 Å². The van der Waals surface area contributed by atoms with Crippen LogP contribution in [0.4, 0.5) is 0 Å². The Bertz CT molecular complexity index is 4090. The first-order chi connectivity index (χ1) is 42.1. The molecule has 0 fully saturated rings. The topological polar surface area (TPSA) is 206 Å². The highest BCUT2D eigenvalue weighted by molar-refractivity contribution is 7.86. The lowest BCUT2D eigenvalue weighted by atomic mass is 9.80. The molecule has 0 aliphatic heterocycles. The summed E-state index contributed by atoms with van der Waals surface area (Å²) in [6.07, 6.45) is 0.393. The number of nitrogens with zero attached hydrogens (tertiary/aromatic N) is 4. The van der Waals surface area contributed by atoms with Crippen LogP contribution in [-0.4, -0.2) is 92.7 Å². The Hall–Kier alpha value is -8.53. The van der Waals surface area contributed by atoms with E-state index < -0.39 is 40.5 Å². The second-order valence-electron chi connectivity index (χ2n) is 19.5.